The van der Waals surface area contributed by atoms with Crippen molar-refractivity contribution in [2.24, 2.45) is 0 Å². The molecule has 0 aliphatic carbocycles. The second kappa shape index (κ2) is 9.06. The van der Waals surface area contributed by atoms with Crippen molar-refractivity contribution < 1.29 is 23.8 Å². The fourth-order valence-corrected chi connectivity index (χ4v) is 3.48. The Kier molecular flexibility index (Phi) is 7.77. The van der Waals surface area contributed by atoms with Crippen molar-refractivity contribution >= 4 is 12.9 Å². The van der Waals surface area contributed by atoms with E-state index in [2.05, 4.69) is 5.73 Å². The van der Waals surface area contributed by atoms with Crippen molar-refractivity contribution in [3.8, 4) is 0 Å². The van der Waals surface area contributed by atoms with E-state index in [1.54, 1.807) is 26.0 Å². The Morgan fingerprint density at radius 3 is 2.27 bits per heavy atom. The number of hydrogen-bond acceptors (Lipinski definition) is 5. The SMILES string of the molecule is CCOP(=O)(OCC)C(=C=CC(O)CO)c1ccc(C)cc1. The van der Waals surface area contributed by atoms with E-state index in [9.17, 15) is 9.67 Å². The Morgan fingerprint density at radius 1 is 1.27 bits per heavy atom. The molecule has 1 aromatic carbocycles. The third-order valence-electron chi connectivity index (χ3n) is 2.80. The number of aliphatic hydroxyl groups is 2. The van der Waals surface area contributed by atoms with Gasteiger partial charge >= 0.3 is 7.60 Å². The van der Waals surface area contributed by atoms with Crippen LogP contribution in [0.2, 0.25) is 0 Å². The van der Waals surface area contributed by atoms with Gasteiger partial charge in [0.05, 0.1) is 19.8 Å². The molecule has 0 aliphatic heterocycles. The number of aliphatic hydroxyl groups excluding tert-OH is 2. The fourth-order valence-electron chi connectivity index (χ4n) is 1.77. The van der Waals surface area contributed by atoms with Crippen LogP contribution in [0.5, 0.6) is 0 Å². The van der Waals surface area contributed by atoms with Crippen LogP contribution in [0.25, 0.3) is 5.31 Å². The molecule has 122 valence electrons. The second-order valence-electron chi connectivity index (χ2n) is 4.61. The van der Waals surface area contributed by atoms with Crippen LogP contribution in [0.15, 0.2) is 36.1 Å². The molecule has 1 unspecified atom stereocenters. The molecule has 0 bridgehead atoms. The molecule has 5 nitrogen and oxygen atoms in total. The normalized spacial score (nSPS) is 12.6. The van der Waals surface area contributed by atoms with Crippen molar-refractivity contribution in [2.45, 2.75) is 26.9 Å². The Morgan fingerprint density at radius 2 is 1.82 bits per heavy atom. The molecule has 6 heteroatoms. The molecule has 1 aromatic rings. The minimum Gasteiger partial charge on any atom is -0.393 e. The van der Waals surface area contributed by atoms with Gasteiger partial charge in [0, 0.05) is 0 Å². The maximum absolute atomic E-state index is 13.0. The molecular formula is C16H23O5P. The van der Waals surface area contributed by atoms with Gasteiger partial charge in [-0.3, -0.25) is 4.57 Å². The first kappa shape index (κ1) is 18.9. The summed E-state index contributed by atoms with van der Waals surface area (Å²) in [5.41, 5.74) is 4.48. The van der Waals surface area contributed by atoms with Crippen molar-refractivity contribution in [2.75, 3.05) is 19.8 Å². The molecule has 0 saturated heterocycles. The third kappa shape index (κ3) is 5.22. The monoisotopic (exact) mass is 326 g/mol. The molecule has 1 rings (SSSR count). The van der Waals surface area contributed by atoms with Gasteiger partial charge in [0.25, 0.3) is 0 Å². The lowest BCUT2D eigenvalue weighted by atomic mass is 10.1. The maximum atomic E-state index is 13.0. The highest BCUT2D eigenvalue weighted by Crippen LogP contribution is 2.59. The van der Waals surface area contributed by atoms with E-state index in [0.29, 0.717) is 5.56 Å². The van der Waals surface area contributed by atoms with Crippen molar-refractivity contribution in [1.29, 1.82) is 0 Å². The van der Waals surface area contributed by atoms with Gasteiger partial charge in [-0.05, 0) is 32.4 Å². The summed E-state index contributed by atoms with van der Waals surface area (Å²) >= 11 is 0. The second-order valence-corrected chi connectivity index (χ2v) is 6.57. The van der Waals surface area contributed by atoms with Crippen LogP contribution >= 0.6 is 7.60 Å². The van der Waals surface area contributed by atoms with E-state index in [1.165, 1.54) is 6.08 Å². The zero-order valence-electron chi connectivity index (χ0n) is 13.2. The van der Waals surface area contributed by atoms with Gasteiger partial charge in [-0.2, -0.15) is 0 Å². The van der Waals surface area contributed by atoms with Gasteiger partial charge in [0.15, 0.2) is 0 Å². The predicted molar refractivity (Wildman–Crippen MR) is 86.6 cm³/mol. The summed E-state index contributed by atoms with van der Waals surface area (Å²) in [6.07, 6.45) is 0.164. The quantitative estimate of drug-likeness (QED) is 0.567. The first-order chi connectivity index (χ1) is 10.5. The molecule has 0 fully saturated rings. The summed E-state index contributed by atoms with van der Waals surface area (Å²) in [5, 5.41) is 18.6. The Labute approximate surface area is 131 Å². The largest absolute Gasteiger partial charge is 0.393 e. The average Bonchev–Trinajstić information content (AvgIpc) is 2.49. The molecule has 0 amide bonds. The third-order valence-corrected chi connectivity index (χ3v) is 4.93. The van der Waals surface area contributed by atoms with Crippen LogP contribution in [0.4, 0.5) is 0 Å². The van der Waals surface area contributed by atoms with Crippen molar-refractivity contribution in [1.82, 2.24) is 0 Å². The van der Waals surface area contributed by atoms with Crippen LogP contribution in [0, 0.1) is 6.92 Å². The summed E-state index contributed by atoms with van der Waals surface area (Å²) in [7, 11) is -3.55. The summed E-state index contributed by atoms with van der Waals surface area (Å²) < 4.78 is 23.7. The van der Waals surface area contributed by atoms with E-state index >= 15 is 0 Å². The van der Waals surface area contributed by atoms with Crippen LogP contribution in [0.1, 0.15) is 25.0 Å². The summed E-state index contributed by atoms with van der Waals surface area (Å²) in [6.45, 7) is 5.40. The molecule has 0 spiro atoms. The Hall–Kier alpha value is -1.19. The van der Waals surface area contributed by atoms with Crippen molar-refractivity contribution in [3.63, 3.8) is 0 Å². The van der Waals surface area contributed by atoms with E-state index in [0.717, 1.165) is 5.56 Å². The zero-order valence-corrected chi connectivity index (χ0v) is 14.0. The highest BCUT2D eigenvalue weighted by atomic mass is 31.2. The van der Waals surface area contributed by atoms with Gasteiger partial charge < -0.3 is 19.3 Å². The standard InChI is InChI=1S/C16H23O5P/c1-4-20-22(19,21-5-2)16(11-10-15(18)12-17)14-8-6-13(3)7-9-14/h6-10,15,17-18H,4-5,12H2,1-3H3. The Bertz CT molecular complexity index is 563. The number of benzene rings is 1. The van der Waals surface area contributed by atoms with Crippen molar-refractivity contribution in [3.05, 3.63) is 47.2 Å². The lowest BCUT2D eigenvalue weighted by molar-refractivity contribution is 0.131. The predicted octanol–water partition coefficient (Wildman–Crippen LogP) is 3.11. The van der Waals surface area contributed by atoms with Crippen LogP contribution < -0.4 is 0 Å². The molecule has 0 radical (unpaired) electrons. The summed E-state index contributed by atoms with van der Waals surface area (Å²) in [6, 6.07) is 7.34. The van der Waals surface area contributed by atoms with E-state index in [-0.39, 0.29) is 18.5 Å². The summed E-state index contributed by atoms with van der Waals surface area (Å²) in [5.74, 6) is 0. The summed E-state index contributed by atoms with van der Waals surface area (Å²) in [4.78, 5) is 0. The van der Waals surface area contributed by atoms with Gasteiger partial charge in [-0.25, -0.2) is 0 Å². The fraction of sp³-hybridized carbons (Fsp3) is 0.438. The van der Waals surface area contributed by atoms with Gasteiger partial charge in [-0.15, -0.1) is 5.73 Å². The minimum atomic E-state index is -3.55. The first-order valence-corrected chi connectivity index (χ1v) is 8.73. The molecule has 22 heavy (non-hydrogen) atoms. The zero-order chi connectivity index (χ0) is 16.6. The molecule has 0 aliphatic rings. The van der Waals surface area contributed by atoms with Gasteiger partial charge in [-0.1, -0.05) is 29.8 Å². The van der Waals surface area contributed by atoms with Gasteiger partial charge in [0.2, 0.25) is 0 Å². The lowest BCUT2D eigenvalue weighted by Crippen LogP contribution is -2.06. The molecule has 2 N–H and O–H groups in total. The highest BCUT2D eigenvalue weighted by molar-refractivity contribution is 7.65. The van der Waals surface area contributed by atoms with Crippen LogP contribution in [0.3, 0.4) is 0 Å². The maximum Gasteiger partial charge on any atom is 0.369 e. The number of aryl methyl sites for hydroxylation is 1. The van der Waals surface area contributed by atoms with Gasteiger partial charge in [0.1, 0.15) is 11.4 Å². The minimum absolute atomic E-state index is 0.219. The lowest BCUT2D eigenvalue weighted by Gasteiger charge is -2.19. The van der Waals surface area contributed by atoms with E-state index in [1.807, 2.05) is 19.1 Å². The molecule has 0 aromatic heterocycles. The first-order valence-electron chi connectivity index (χ1n) is 7.19. The van der Waals surface area contributed by atoms with E-state index in [4.69, 9.17) is 14.2 Å². The van der Waals surface area contributed by atoms with Crippen LogP contribution in [-0.4, -0.2) is 36.1 Å². The van der Waals surface area contributed by atoms with Crippen LogP contribution in [-0.2, 0) is 13.6 Å². The average molecular weight is 326 g/mol. The highest BCUT2D eigenvalue weighted by Gasteiger charge is 2.30. The Balaban J connectivity index is 3.41. The number of rotatable bonds is 8. The molecule has 0 saturated carbocycles. The van der Waals surface area contributed by atoms with E-state index < -0.39 is 20.3 Å². The topological polar surface area (TPSA) is 76.0 Å². The molecule has 0 heterocycles. The number of hydrogen-bond donors (Lipinski definition) is 2. The smallest absolute Gasteiger partial charge is 0.369 e. The molecular weight excluding hydrogens is 303 g/mol. The molecule has 1 atom stereocenters.